The molecule has 0 saturated heterocycles. The number of nitrogens with zero attached hydrogens (tertiary/aromatic N) is 1. The molecule has 5 heteroatoms. The first-order valence-corrected chi connectivity index (χ1v) is 5.33. The molecule has 1 heterocycles. The van der Waals surface area contributed by atoms with Crippen molar-refractivity contribution in [3.63, 3.8) is 0 Å². The number of hydrogen-bond acceptors (Lipinski definition) is 3. The fourth-order valence-corrected chi connectivity index (χ4v) is 2.79. The van der Waals surface area contributed by atoms with Crippen LogP contribution in [0.25, 0.3) is 0 Å². The van der Waals surface area contributed by atoms with Crippen LogP contribution in [0.1, 0.15) is 12.0 Å². The Morgan fingerprint density at radius 2 is 2.24 bits per heavy atom. The standard InChI is InChI=1S/C12H11NO4/c1-13-9-4-6(14)2-3-7(9)12(11(13)17)5-8(12)10(15)16/h2-4,8,14H,5H2,1H3,(H,15,16). The van der Waals surface area contributed by atoms with Gasteiger partial charge in [-0.05, 0) is 18.1 Å². The predicted molar refractivity (Wildman–Crippen MR) is 58.9 cm³/mol. The molecule has 0 bridgehead atoms. The van der Waals surface area contributed by atoms with Gasteiger partial charge in [0.15, 0.2) is 0 Å². The molecule has 1 aliphatic heterocycles. The fourth-order valence-electron chi connectivity index (χ4n) is 2.79. The van der Waals surface area contributed by atoms with E-state index in [4.69, 9.17) is 5.11 Å². The van der Waals surface area contributed by atoms with Crippen molar-refractivity contribution in [2.75, 3.05) is 11.9 Å². The summed E-state index contributed by atoms with van der Waals surface area (Å²) in [7, 11) is 1.60. The topological polar surface area (TPSA) is 77.8 Å². The zero-order valence-corrected chi connectivity index (χ0v) is 9.17. The van der Waals surface area contributed by atoms with Crippen molar-refractivity contribution in [3.05, 3.63) is 23.8 Å². The quantitative estimate of drug-likeness (QED) is 0.748. The van der Waals surface area contributed by atoms with Crippen LogP contribution in [0, 0.1) is 5.92 Å². The molecule has 2 atom stereocenters. The largest absolute Gasteiger partial charge is 0.508 e. The van der Waals surface area contributed by atoms with Crippen LogP contribution in [-0.4, -0.2) is 29.1 Å². The summed E-state index contributed by atoms with van der Waals surface area (Å²) < 4.78 is 0. The molecule has 2 aliphatic rings. The fraction of sp³-hybridized carbons (Fsp3) is 0.333. The maximum Gasteiger partial charge on any atom is 0.307 e. The second kappa shape index (κ2) is 2.80. The van der Waals surface area contributed by atoms with Crippen molar-refractivity contribution in [2.24, 2.45) is 5.92 Å². The van der Waals surface area contributed by atoms with E-state index in [1.807, 2.05) is 0 Å². The van der Waals surface area contributed by atoms with E-state index in [1.54, 1.807) is 13.1 Å². The maximum atomic E-state index is 12.2. The Morgan fingerprint density at radius 3 is 2.82 bits per heavy atom. The number of likely N-dealkylation sites (N-methyl/N-ethyl adjacent to an activating group) is 1. The summed E-state index contributed by atoms with van der Waals surface area (Å²) in [5.41, 5.74) is 0.442. The van der Waals surface area contributed by atoms with Crippen molar-refractivity contribution in [1.29, 1.82) is 0 Å². The van der Waals surface area contributed by atoms with Crippen LogP contribution in [0.2, 0.25) is 0 Å². The molecule has 2 N–H and O–H groups in total. The molecule has 0 radical (unpaired) electrons. The first-order chi connectivity index (χ1) is 7.98. The zero-order chi connectivity index (χ0) is 12.4. The number of aromatic hydroxyl groups is 1. The summed E-state index contributed by atoms with van der Waals surface area (Å²) >= 11 is 0. The lowest BCUT2D eigenvalue weighted by atomic mass is 9.95. The first kappa shape index (κ1) is 10.1. The highest BCUT2D eigenvalue weighted by Crippen LogP contribution is 2.61. The molecule has 1 fully saturated rings. The minimum absolute atomic E-state index is 0.0768. The molecule has 1 aromatic carbocycles. The lowest BCUT2D eigenvalue weighted by molar-refractivity contribution is -0.140. The van der Waals surface area contributed by atoms with Gasteiger partial charge >= 0.3 is 5.97 Å². The Bertz CT molecular complexity index is 553. The molecule has 5 nitrogen and oxygen atoms in total. The summed E-state index contributed by atoms with van der Waals surface area (Å²) in [5.74, 6) is -1.69. The number of phenolic OH excluding ortho intramolecular Hbond substituents is 1. The van der Waals surface area contributed by atoms with Gasteiger partial charge in [-0.15, -0.1) is 0 Å². The van der Waals surface area contributed by atoms with Crippen LogP contribution >= 0.6 is 0 Å². The third-order valence-corrected chi connectivity index (χ3v) is 3.77. The molecule has 1 aromatic rings. The number of rotatable bonds is 1. The minimum atomic E-state index is -0.937. The van der Waals surface area contributed by atoms with Crippen molar-refractivity contribution in [3.8, 4) is 5.75 Å². The second-order valence-corrected chi connectivity index (χ2v) is 4.63. The van der Waals surface area contributed by atoms with E-state index >= 15 is 0 Å². The lowest BCUT2D eigenvalue weighted by Crippen LogP contribution is -2.30. The Balaban J connectivity index is 2.17. The predicted octanol–water partition coefficient (Wildman–Crippen LogP) is 0.711. The van der Waals surface area contributed by atoms with E-state index in [0.717, 1.165) is 5.56 Å². The highest BCUT2D eigenvalue weighted by molar-refractivity contribution is 6.13. The van der Waals surface area contributed by atoms with Gasteiger partial charge in [-0.1, -0.05) is 6.07 Å². The highest BCUT2D eigenvalue weighted by atomic mass is 16.4. The molecule has 88 valence electrons. The molecule has 1 saturated carbocycles. The summed E-state index contributed by atoms with van der Waals surface area (Å²) in [6, 6.07) is 4.64. The second-order valence-electron chi connectivity index (χ2n) is 4.63. The number of fused-ring (bicyclic) bond motifs is 2. The number of carbonyl (C=O) groups excluding carboxylic acids is 1. The van der Waals surface area contributed by atoms with Crippen LogP contribution in [0.3, 0.4) is 0 Å². The Kier molecular flexibility index (Phi) is 1.67. The third kappa shape index (κ3) is 1.03. The average Bonchev–Trinajstić information content (AvgIpc) is 2.99. The van der Waals surface area contributed by atoms with Gasteiger partial charge in [-0.25, -0.2) is 0 Å². The first-order valence-electron chi connectivity index (χ1n) is 5.33. The number of carboxylic acids is 1. The molecule has 1 amide bonds. The van der Waals surface area contributed by atoms with Crippen LogP contribution in [0.5, 0.6) is 5.75 Å². The molecule has 1 spiro atoms. The van der Waals surface area contributed by atoms with E-state index < -0.39 is 17.3 Å². The summed E-state index contributed by atoms with van der Waals surface area (Å²) in [5, 5.41) is 18.5. The van der Waals surface area contributed by atoms with Gasteiger partial charge in [-0.2, -0.15) is 0 Å². The van der Waals surface area contributed by atoms with Gasteiger partial charge in [0.1, 0.15) is 5.75 Å². The van der Waals surface area contributed by atoms with Gasteiger partial charge in [0.05, 0.1) is 17.0 Å². The number of phenols is 1. The lowest BCUT2D eigenvalue weighted by Gasteiger charge is -2.10. The van der Waals surface area contributed by atoms with Crippen LogP contribution in [0.4, 0.5) is 5.69 Å². The Hall–Kier alpha value is -2.04. The Morgan fingerprint density at radius 1 is 1.53 bits per heavy atom. The van der Waals surface area contributed by atoms with Gasteiger partial charge < -0.3 is 15.1 Å². The van der Waals surface area contributed by atoms with Gasteiger partial charge in [0.25, 0.3) is 0 Å². The SMILES string of the molecule is CN1C(=O)C2(CC2C(=O)O)c2ccc(O)cc21. The van der Waals surface area contributed by atoms with Crippen LogP contribution < -0.4 is 4.90 Å². The molecule has 2 unspecified atom stereocenters. The van der Waals surface area contributed by atoms with Crippen molar-refractivity contribution in [2.45, 2.75) is 11.8 Å². The molecule has 0 aromatic heterocycles. The molecule has 3 rings (SSSR count). The maximum absolute atomic E-state index is 12.2. The number of anilines is 1. The summed E-state index contributed by atoms with van der Waals surface area (Å²) in [4.78, 5) is 24.6. The van der Waals surface area contributed by atoms with Crippen LogP contribution in [0.15, 0.2) is 18.2 Å². The van der Waals surface area contributed by atoms with E-state index in [0.29, 0.717) is 12.1 Å². The zero-order valence-electron chi connectivity index (χ0n) is 9.17. The number of aliphatic carboxylic acids is 1. The van der Waals surface area contributed by atoms with E-state index in [-0.39, 0.29) is 11.7 Å². The van der Waals surface area contributed by atoms with E-state index in [1.165, 1.54) is 17.0 Å². The smallest absolute Gasteiger partial charge is 0.307 e. The van der Waals surface area contributed by atoms with E-state index in [2.05, 4.69) is 0 Å². The molecular formula is C12H11NO4. The van der Waals surface area contributed by atoms with Gasteiger partial charge in [0.2, 0.25) is 5.91 Å². The van der Waals surface area contributed by atoms with Gasteiger partial charge in [0, 0.05) is 13.1 Å². The minimum Gasteiger partial charge on any atom is -0.508 e. The number of carboxylic acid groups (broad SMARTS) is 1. The van der Waals surface area contributed by atoms with Crippen molar-refractivity contribution < 1.29 is 19.8 Å². The third-order valence-electron chi connectivity index (χ3n) is 3.77. The number of carbonyl (C=O) groups is 2. The molecular weight excluding hydrogens is 222 g/mol. The van der Waals surface area contributed by atoms with Crippen LogP contribution in [-0.2, 0) is 15.0 Å². The average molecular weight is 233 g/mol. The summed E-state index contributed by atoms with van der Waals surface area (Å²) in [6.07, 6.45) is 0.350. The number of amides is 1. The Labute approximate surface area is 97.3 Å². The van der Waals surface area contributed by atoms with Gasteiger partial charge in [-0.3, -0.25) is 9.59 Å². The van der Waals surface area contributed by atoms with Crippen molar-refractivity contribution in [1.82, 2.24) is 0 Å². The monoisotopic (exact) mass is 233 g/mol. The molecule has 17 heavy (non-hydrogen) atoms. The normalized spacial score (nSPS) is 29.6. The van der Waals surface area contributed by atoms with Crippen molar-refractivity contribution >= 4 is 17.6 Å². The molecule has 1 aliphatic carbocycles. The van der Waals surface area contributed by atoms with E-state index in [9.17, 15) is 14.7 Å². The summed E-state index contributed by atoms with van der Waals surface area (Å²) in [6.45, 7) is 0. The number of hydrogen-bond donors (Lipinski definition) is 2. The number of benzene rings is 1. The highest BCUT2D eigenvalue weighted by Gasteiger charge is 2.69.